The number of nitrogens with one attached hydrogen (secondary N) is 1. The minimum absolute atomic E-state index is 0.0633. The topological polar surface area (TPSA) is 79.4 Å². The molecule has 0 saturated carbocycles. The van der Waals surface area contributed by atoms with Gasteiger partial charge in [0.2, 0.25) is 15.9 Å². The molecule has 1 aliphatic rings. The van der Waals surface area contributed by atoms with Crippen LogP contribution in [0.25, 0.3) is 0 Å². The van der Waals surface area contributed by atoms with E-state index in [0.29, 0.717) is 36.9 Å². The van der Waals surface area contributed by atoms with Gasteiger partial charge in [0.15, 0.2) is 0 Å². The SMILES string of the molecule is O=C(CCC1CCN(S(=O)(=O)c2ccccc2)CC1)NCCc1ccncc1. The maximum absolute atomic E-state index is 12.7. The maximum Gasteiger partial charge on any atom is 0.243 e. The average Bonchev–Trinajstić information content (AvgIpc) is 2.74. The Labute approximate surface area is 167 Å². The minimum atomic E-state index is -3.41. The second-order valence-corrected chi connectivity index (χ2v) is 9.09. The number of aromatic nitrogens is 1. The Morgan fingerprint density at radius 3 is 2.43 bits per heavy atom. The van der Waals surface area contributed by atoms with Crippen LogP contribution in [0.5, 0.6) is 0 Å². The van der Waals surface area contributed by atoms with Crippen LogP contribution in [0.3, 0.4) is 0 Å². The summed E-state index contributed by atoms with van der Waals surface area (Å²) in [6.07, 6.45) is 7.20. The minimum Gasteiger partial charge on any atom is -0.356 e. The molecule has 1 aliphatic heterocycles. The molecule has 7 heteroatoms. The van der Waals surface area contributed by atoms with Crippen molar-refractivity contribution in [3.05, 3.63) is 60.4 Å². The van der Waals surface area contributed by atoms with Gasteiger partial charge in [-0.05, 0) is 61.4 Å². The summed E-state index contributed by atoms with van der Waals surface area (Å²) in [6.45, 7) is 1.66. The van der Waals surface area contributed by atoms with E-state index >= 15 is 0 Å². The number of carbonyl (C=O) groups excluding carboxylic acids is 1. The predicted octanol–water partition coefficient (Wildman–Crippen LogP) is 2.62. The number of nitrogens with zero attached hydrogens (tertiary/aromatic N) is 2. The van der Waals surface area contributed by atoms with Gasteiger partial charge in [-0.1, -0.05) is 18.2 Å². The van der Waals surface area contributed by atoms with Crippen LogP contribution in [0.15, 0.2) is 59.8 Å². The molecule has 0 atom stereocenters. The van der Waals surface area contributed by atoms with Crippen LogP contribution >= 0.6 is 0 Å². The second-order valence-electron chi connectivity index (χ2n) is 7.15. The highest BCUT2D eigenvalue weighted by Crippen LogP contribution is 2.26. The maximum atomic E-state index is 12.7. The van der Waals surface area contributed by atoms with E-state index in [2.05, 4.69) is 10.3 Å². The molecule has 0 spiro atoms. The molecule has 6 nitrogen and oxygen atoms in total. The van der Waals surface area contributed by atoms with Crippen LogP contribution in [-0.2, 0) is 21.2 Å². The van der Waals surface area contributed by atoms with Crippen molar-refractivity contribution < 1.29 is 13.2 Å². The fraction of sp³-hybridized carbons (Fsp3) is 0.429. The Morgan fingerprint density at radius 2 is 1.75 bits per heavy atom. The predicted molar refractivity (Wildman–Crippen MR) is 108 cm³/mol. The van der Waals surface area contributed by atoms with Crippen molar-refractivity contribution in [2.24, 2.45) is 5.92 Å². The van der Waals surface area contributed by atoms with Gasteiger partial charge in [0, 0.05) is 38.4 Å². The molecular weight excluding hydrogens is 374 g/mol. The second kappa shape index (κ2) is 9.80. The first kappa shape index (κ1) is 20.5. The van der Waals surface area contributed by atoms with Crippen molar-refractivity contribution in [2.75, 3.05) is 19.6 Å². The quantitative estimate of drug-likeness (QED) is 0.737. The van der Waals surface area contributed by atoms with Gasteiger partial charge in [0.1, 0.15) is 0 Å². The number of carbonyl (C=O) groups is 1. The monoisotopic (exact) mass is 401 g/mol. The van der Waals surface area contributed by atoms with Crippen LogP contribution in [0, 0.1) is 5.92 Å². The van der Waals surface area contributed by atoms with E-state index in [1.165, 1.54) is 0 Å². The number of hydrogen-bond donors (Lipinski definition) is 1. The van der Waals surface area contributed by atoms with Crippen LogP contribution in [0.2, 0.25) is 0 Å². The van der Waals surface area contributed by atoms with Crippen molar-refractivity contribution in [3.63, 3.8) is 0 Å². The largest absolute Gasteiger partial charge is 0.356 e. The molecule has 0 radical (unpaired) electrons. The summed E-state index contributed by atoms with van der Waals surface area (Å²) in [6, 6.07) is 12.5. The highest BCUT2D eigenvalue weighted by Gasteiger charge is 2.29. The van der Waals surface area contributed by atoms with Crippen LogP contribution in [-0.4, -0.2) is 43.2 Å². The first-order valence-corrected chi connectivity index (χ1v) is 11.2. The summed E-state index contributed by atoms with van der Waals surface area (Å²) in [5, 5.41) is 2.96. The Hall–Kier alpha value is -2.25. The van der Waals surface area contributed by atoms with Gasteiger partial charge in [-0.3, -0.25) is 9.78 Å². The number of sulfonamides is 1. The van der Waals surface area contributed by atoms with Crippen molar-refractivity contribution in [3.8, 4) is 0 Å². The smallest absolute Gasteiger partial charge is 0.243 e. The molecule has 1 saturated heterocycles. The van der Waals surface area contributed by atoms with E-state index in [9.17, 15) is 13.2 Å². The summed E-state index contributed by atoms with van der Waals surface area (Å²) < 4.78 is 26.9. The van der Waals surface area contributed by atoms with Crippen molar-refractivity contribution in [1.29, 1.82) is 0 Å². The number of rotatable bonds is 8. The Bertz CT molecular complexity index is 849. The highest BCUT2D eigenvalue weighted by atomic mass is 32.2. The summed E-state index contributed by atoms with van der Waals surface area (Å²) in [7, 11) is -3.41. The van der Waals surface area contributed by atoms with E-state index in [1.54, 1.807) is 41.0 Å². The summed E-state index contributed by atoms with van der Waals surface area (Å²) in [5.74, 6) is 0.460. The van der Waals surface area contributed by atoms with E-state index in [-0.39, 0.29) is 5.91 Å². The third kappa shape index (κ3) is 5.62. The van der Waals surface area contributed by atoms with Crippen molar-refractivity contribution in [2.45, 2.75) is 37.0 Å². The molecule has 28 heavy (non-hydrogen) atoms. The number of hydrogen-bond acceptors (Lipinski definition) is 4. The lowest BCUT2D eigenvalue weighted by molar-refractivity contribution is -0.121. The molecule has 0 unspecified atom stereocenters. The standard InChI is InChI=1S/C21H27N3O3S/c25-21(23-15-10-19-8-13-22-14-9-19)7-6-18-11-16-24(17-12-18)28(26,27)20-4-2-1-3-5-20/h1-5,8-9,13-14,18H,6-7,10-12,15-17H2,(H,23,25). The van der Waals surface area contributed by atoms with Crippen molar-refractivity contribution in [1.82, 2.24) is 14.6 Å². The Morgan fingerprint density at radius 1 is 1.07 bits per heavy atom. The fourth-order valence-electron chi connectivity index (χ4n) is 3.50. The van der Waals surface area contributed by atoms with Gasteiger partial charge in [0.25, 0.3) is 0 Å². The molecule has 150 valence electrons. The lowest BCUT2D eigenvalue weighted by Gasteiger charge is -2.31. The third-order valence-corrected chi connectivity index (χ3v) is 7.13. The number of piperidine rings is 1. The molecule has 0 bridgehead atoms. The highest BCUT2D eigenvalue weighted by molar-refractivity contribution is 7.89. The van der Waals surface area contributed by atoms with Crippen molar-refractivity contribution >= 4 is 15.9 Å². The normalized spacial score (nSPS) is 16.0. The fourth-order valence-corrected chi connectivity index (χ4v) is 4.99. The molecule has 1 amide bonds. The summed E-state index contributed by atoms with van der Waals surface area (Å²) in [4.78, 5) is 16.4. The van der Waals surface area contributed by atoms with Gasteiger partial charge in [0.05, 0.1) is 4.90 Å². The first-order valence-electron chi connectivity index (χ1n) is 9.76. The molecule has 1 N–H and O–H groups in total. The lowest BCUT2D eigenvalue weighted by Crippen LogP contribution is -2.38. The molecule has 1 aromatic heterocycles. The zero-order valence-electron chi connectivity index (χ0n) is 16.0. The molecule has 2 aromatic rings. The van der Waals surface area contributed by atoms with Gasteiger partial charge >= 0.3 is 0 Å². The number of benzene rings is 1. The van der Waals surface area contributed by atoms with E-state index in [1.807, 2.05) is 18.2 Å². The molecular formula is C21H27N3O3S. The van der Waals surface area contributed by atoms with Gasteiger partial charge in [-0.2, -0.15) is 4.31 Å². The summed E-state index contributed by atoms with van der Waals surface area (Å²) in [5.41, 5.74) is 1.15. The van der Waals surface area contributed by atoms with E-state index in [4.69, 9.17) is 0 Å². The third-order valence-electron chi connectivity index (χ3n) is 5.22. The van der Waals surface area contributed by atoms with Gasteiger partial charge < -0.3 is 5.32 Å². The number of pyridine rings is 1. The lowest BCUT2D eigenvalue weighted by atomic mass is 9.93. The van der Waals surface area contributed by atoms with Gasteiger partial charge in [-0.25, -0.2) is 8.42 Å². The number of amides is 1. The average molecular weight is 402 g/mol. The summed E-state index contributed by atoms with van der Waals surface area (Å²) >= 11 is 0. The molecule has 1 fully saturated rings. The van der Waals surface area contributed by atoms with E-state index < -0.39 is 10.0 Å². The zero-order chi connectivity index (χ0) is 19.8. The Kier molecular flexibility index (Phi) is 7.17. The molecule has 3 rings (SSSR count). The van der Waals surface area contributed by atoms with Crippen LogP contribution in [0.1, 0.15) is 31.2 Å². The van der Waals surface area contributed by atoms with Crippen LogP contribution < -0.4 is 5.32 Å². The van der Waals surface area contributed by atoms with E-state index in [0.717, 1.165) is 31.2 Å². The van der Waals surface area contributed by atoms with Crippen LogP contribution in [0.4, 0.5) is 0 Å². The first-order chi connectivity index (χ1) is 13.6. The zero-order valence-corrected chi connectivity index (χ0v) is 16.8. The molecule has 2 heterocycles. The molecule has 1 aromatic carbocycles. The van der Waals surface area contributed by atoms with Gasteiger partial charge in [-0.15, -0.1) is 0 Å². The molecule has 0 aliphatic carbocycles. The Balaban J connectivity index is 1.37.